The predicted molar refractivity (Wildman–Crippen MR) is 78.7 cm³/mol. The molecule has 0 unspecified atom stereocenters. The van der Waals surface area contributed by atoms with Gasteiger partial charge >= 0.3 is 0 Å². The van der Waals surface area contributed by atoms with E-state index in [-0.39, 0.29) is 0 Å². The normalized spacial score (nSPS) is 12.0. The maximum atomic E-state index is 10.1. The van der Waals surface area contributed by atoms with Gasteiger partial charge in [0, 0.05) is 5.39 Å². The third-order valence-corrected chi connectivity index (χ3v) is 4.58. The number of nitrogens with one attached hydrogen (secondary N) is 1. The maximum Gasteiger partial charge on any atom is 0.233 e. The number of likely N-dealkylation sites (N-methyl/N-ethyl adjacent to an activating group) is 1. The highest BCUT2D eigenvalue weighted by molar-refractivity contribution is 6.82. The fourth-order valence-electron chi connectivity index (χ4n) is 1.93. The molecule has 4 heteroatoms. The molecule has 1 aromatic heterocycles. The van der Waals surface area contributed by atoms with Crippen molar-refractivity contribution in [3.63, 3.8) is 0 Å². The molecule has 1 aromatic carbocycles. The van der Waals surface area contributed by atoms with Gasteiger partial charge in [-0.1, -0.05) is 18.2 Å². The molecular weight excluding hydrogens is 240 g/mol. The first-order valence-corrected chi connectivity index (χ1v) is 9.22. The molecule has 2 N–H and O–H groups in total. The average Bonchev–Trinajstić information content (AvgIpc) is 2.34. The molecule has 0 spiro atoms. The van der Waals surface area contributed by atoms with Gasteiger partial charge in [0.05, 0.1) is 10.8 Å². The summed E-state index contributed by atoms with van der Waals surface area (Å²) >= 11 is 0. The lowest BCUT2D eigenvalue weighted by Crippen LogP contribution is -2.43. The fraction of sp³-hybridized carbons (Fsp3) is 0.357. The van der Waals surface area contributed by atoms with Crippen molar-refractivity contribution in [2.24, 2.45) is 0 Å². The Morgan fingerprint density at radius 1 is 1.22 bits per heavy atom. The van der Waals surface area contributed by atoms with E-state index in [0.717, 1.165) is 29.2 Å². The summed E-state index contributed by atoms with van der Waals surface area (Å²) in [5.41, 5.74) is 2.26. The number of fused-ring (bicyclic) bond motifs is 1. The van der Waals surface area contributed by atoms with Gasteiger partial charge in [-0.25, -0.2) is 0 Å². The predicted octanol–water partition coefficient (Wildman–Crippen LogP) is 1.40. The first-order chi connectivity index (χ1) is 8.50. The van der Waals surface area contributed by atoms with Crippen LogP contribution in [-0.2, 0) is 6.42 Å². The van der Waals surface area contributed by atoms with Gasteiger partial charge in [-0.05, 0) is 50.8 Å². The highest BCUT2D eigenvalue weighted by Crippen LogP contribution is 2.14. The van der Waals surface area contributed by atoms with Crippen molar-refractivity contribution in [1.82, 2.24) is 10.3 Å². The number of benzene rings is 1. The molecule has 2 aromatic rings. The Bertz CT molecular complexity index is 549. The Morgan fingerprint density at radius 2 is 1.94 bits per heavy atom. The molecule has 0 atom stereocenters. The van der Waals surface area contributed by atoms with Crippen molar-refractivity contribution >= 4 is 24.5 Å². The van der Waals surface area contributed by atoms with Gasteiger partial charge in [-0.15, -0.1) is 0 Å². The van der Waals surface area contributed by atoms with E-state index in [0.29, 0.717) is 0 Å². The zero-order valence-electron chi connectivity index (χ0n) is 11.2. The largest absolute Gasteiger partial charge is 0.426 e. The SMILES string of the molecule is CNCCc1ccc2ccc([Si](C)(C)O)nc2c1. The van der Waals surface area contributed by atoms with Crippen LogP contribution in [0.3, 0.4) is 0 Å². The van der Waals surface area contributed by atoms with Gasteiger partial charge in [0.1, 0.15) is 0 Å². The Balaban J connectivity index is 2.40. The summed E-state index contributed by atoms with van der Waals surface area (Å²) in [6, 6.07) is 10.4. The highest BCUT2D eigenvalue weighted by Gasteiger charge is 2.21. The summed E-state index contributed by atoms with van der Waals surface area (Å²) < 4.78 is 0. The molecule has 0 saturated heterocycles. The third kappa shape index (κ3) is 2.96. The van der Waals surface area contributed by atoms with Crippen molar-refractivity contribution in [2.45, 2.75) is 19.5 Å². The molecule has 0 amide bonds. The lowest BCUT2D eigenvalue weighted by atomic mass is 10.1. The van der Waals surface area contributed by atoms with Gasteiger partial charge < -0.3 is 10.1 Å². The van der Waals surface area contributed by atoms with Crippen LogP contribution >= 0.6 is 0 Å². The van der Waals surface area contributed by atoms with Crippen molar-refractivity contribution < 1.29 is 4.80 Å². The van der Waals surface area contributed by atoms with Crippen LogP contribution < -0.4 is 10.6 Å². The zero-order valence-corrected chi connectivity index (χ0v) is 12.2. The van der Waals surface area contributed by atoms with E-state index in [9.17, 15) is 4.80 Å². The minimum Gasteiger partial charge on any atom is -0.426 e. The summed E-state index contributed by atoms with van der Waals surface area (Å²) in [5.74, 6) is 0. The fourth-order valence-corrected chi connectivity index (χ4v) is 2.81. The number of hydrogen-bond donors (Lipinski definition) is 2. The summed E-state index contributed by atoms with van der Waals surface area (Å²) in [7, 11) is -0.361. The minimum atomic E-state index is -2.32. The number of nitrogens with zero attached hydrogens (tertiary/aromatic N) is 1. The van der Waals surface area contributed by atoms with Crippen LogP contribution in [0.4, 0.5) is 0 Å². The number of rotatable bonds is 4. The van der Waals surface area contributed by atoms with E-state index in [1.165, 1.54) is 5.56 Å². The molecule has 0 aliphatic heterocycles. The average molecular weight is 260 g/mol. The number of aromatic nitrogens is 1. The van der Waals surface area contributed by atoms with Gasteiger partial charge in [0.25, 0.3) is 0 Å². The first kappa shape index (κ1) is 13.2. The van der Waals surface area contributed by atoms with Crippen LogP contribution in [0.1, 0.15) is 5.56 Å². The second kappa shape index (κ2) is 5.18. The molecule has 0 bridgehead atoms. The Kier molecular flexibility index (Phi) is 3.80. The van der Waals surface area contributed by atoms with E-state index >= 15 is 0 Å². The maximum absolute atomic E-state index is 10.1. The lowest BCUT2D eigenvalue weighted by Gasteiger charge is -2.14. The molecule has 0 radical (unpaired) electrons. The molecule has 0 aliphatic carbocycles. The van der Waals surface area contributed by atoms with Gasteiger partial charge in [0.15, 0.2) is 0 Å². The number of pyridine rings is 1. The molecule has 1 heterocycles. The molecule has 0 aliphatic rings. The van der Waals surface area contributed by atoms with Crippen LogP contribution in [-0.4, -0.2) is 31.7 Å². The topological polar surface area (TPSA) is 45.1 Å². The van der Waals surface area contributed by atoms with Crippen LogP contribution in [0.2, 0.25) is 13.1 Å². The molecular formula is C14H20N2OSi. The molecule has 0 saturated carbocycles. The van der Waals surface area contributed by atoms with E-state index < -0.39 is 8.32 Å². The standard InChI is InChI=1S/C14H20N2OSi/c1-15-9-8-11-4-5-12-6-7-14(18(2,3)17)16-13(12)10-11/h4-7,10,15,17H,8-9H2,1-3H3. The molecule has 96 valence electrons. The van der Waals surface area contributed by atoms with E-state index in [4.69, 9.17) is 0 Å². The van der Waals surface area contributed by atoms with Crippen molar-refractivity contribution in [3.8, 4) is 0 Å². The smallest absolute Gasteiger partial charge is 0.233 e. The molecule has 3 nitrogen and oxygen atoms in total. The van der Waals surface area contributed by atoms with Crippen molar-refractivity contribution in [1.29, 1.82) is 0 Å². The van der Waals surface area contributed by atoms with E-state index in [2.05, 4.69) is 28.5 Å². The van der Waals surface area contributed by atoms with Gasteiger partial charge in [0.2, 0.25) is 8.32 Å². The van der Waals surface area contributed by atoms with Crippen LogP contribution in [0.25, 0.3) is 10.9 Å². The second-order valence-electron chi connectivity index (χ2n) is 5.14. The summed E-state index contributed by atoms with van der Waals surface area (Å²) in [6.45, 7) is 4.75. The van der Waals surface area contributed by atoms with Crippen LogP contribution in [0, 0.1) is 0 Å². The molecule has 2 rings (SSSR count). The van der Waals surface area contributed by atoms with Crippen molar-refractivity contribution in [2.75, 3.05) is 13.6 Å². The van der Waals surface area contributed by atoms with Crippen LogP contribution in [0.5, 0.6) is 0 Å². The van der Waals surface area contributed by atoms with Gasteiger partial charge in [-0.2, -0.15) is 0 Å². The quantitative estimate of drug-likeness (QED) is 0.817. The van der Waals surface area contributed by atoms with Gasteiger partial charge in [-0.3, -0.25) is 4.98 Å². The summed E-state index contributed by atoms with van der Waals surface area (Å²) in [5, 5.41) is 5.12. The summed E-state index contributed by atoms with van der Waals surface area (Å²) in [4.78, 5) is 14.7. The van der Waals surface area contributed by atoms with E-state index in [1.807, 2.05) is 32.3 Å². The summed E-state index contributed by atoms with van der Waals surface area (Å²) in [6.07, 6.45) is 0.998. The first-order valence-electron chi connectivity index (χ1n) is 6.28. The lowest BCUT2D eigenvalue weighted by molar-refractivity contribution is 0.567. The van der Waals surface area contributed by atoms with Crippen molar-refractivity contribution in [3.05, 3.63) is 35.9 Å². The molecule has 0 fully saturated rings. The number of hydrogen-bond acceptors (Lipinski definition) is 3. The van der Waals surface area contributed by atoms with E-state index in [1.54, 1.807) is 0 Å². The Morgan fingerprint density at radius 3 is 2.61 bits per heavy atom. The Labute approximate surface area is 109 Å². The third-order valence-electron chi connectivity index (χ3n) is 3.05. The Hall–Kier alpha value is -1.23. The van der Waals surface area contributed by atoms with Crippen LogP contribution in [0.15, 0.2) is 30.3 Å². The highest BCUT2D eigenvalue weighted by atomic mass is 28.4. The second-order valence-corrected chi connectivity index (χ2v) is 8.77. The monoisotopic (exact) mass is 260 g/mol. The zero-order chi connectivity index (χ0) is 13.2. The molecule has 18 heavy (non-hydrogen) atoms. The minimum absolute atomic E-state index is 0.848.